The van der Waals surface area contributed by atoms with Crippen LogP contribution in [0.2, 0.25) is 0 Å². The number of nitrogens with one attached hydrogen (secondary N) is 1. The average molecular weight is 243 g/mol. The van der Waals surface area contributed by atoms with E-state index in [1.165, 1.54) is 31.4 Å². The molecule has 0 radical (unpaired) electrons. The van der Waals surface area contributed by atoms with Crippen molar-refractivity contribution in [1.82, 2.24) is 10.2 Å². The third kappa shape index (κ3) is 2.78. The van der Waals surface area contributed by atoms with E-state index in [4.69, 9.17) is 0 Å². The molecule has 1 saturated carbocycles. The van der Waals surface area contributed by atoms with Gasteiger partial charge in [0.25, 0.3) is 0 Å². The minimum Gasteiger partial charge on any atom is -0.282 e. The summed E-state index contributed by atoms with van der Waals surface area (Å²) in [5.41, 5.74) is 2.87. The molecule has 0 aliphatic heterocycles. The van der Waals surface area contributed by atoms with E-state index in [9.17, 15) is 0 Å². The molecule has 1 N–H and O–H groups in total. The number of allylic oxidation sites excluding steroid dienone is 2. The summed E-state index contributed by atoms with van der Waals surface area (Å²) in [6, 6.07) is 2.10. The molecule has 0 amide bonds. The normalized spacial score (nSPS) is 24.8. The van der Waals surface area contributed by atoms with Crippen molar-refractivity contribution in [2.24, 2.45) is 10.9 Å². The maximum atomic E-state index is 4.33. The van der Waals surface area contributed by atoms with Crippen LogP contribution in [0.4, 0.5) is 0 Å². The zero-order valence-corrected chi connectivity index (χ0v) is 11.0. The molecule has 3 nitrogen and oxygen atoms in total. The summed E-state index contributed by atoms with van der Waals surface area (Å²) in [6.45, 7) is 9.58. The minimum absolute atomic E-state index is 0.622. The number of nitrogens with zero attached hydrogens (tertiary/aromatic N) is 2. The van der Waals surface area contributed by atoms with Crippen LogP contribution in [0.1, 0.15) is 49.9 Å². The molecule has 0 bridgehead atoms. The van der Waals surface area contributed by atoms with Gasteiger partial charge in [-0.15, -0.1) is 0 Å². The van der Waals surface area contributed by atoms with Gasteiger partial charge < -0.3 is 0 Å². The summed E-state index contributed by atoms with van der Waals surface area (Å²) >= 11 is 0. The third-order valence-corrected chi connectivity index (χ3v) is 3.76. The second-order valence-electron chi connectivity index (χ2n) is 5.11. The van der Waals surface area contributed by atoms with Gasteiger partial charge in [-0.2, -0.15) is 5.10 Å². The Balaban J connectivity index is 2.12. The molecule has 96 valence electrons. The Morgan fingerprint density at radius 3 is 2.78 bits per heavy atom. The van der Waals surface area contributed by atoms with Crippen LogP contribution >= 0.6 is 0 Å². The lowest BCUT2D eigenvalue weighted by Crippen LogP contribution is -2.11. The van der Waals surface area contributed by atoms with Gasteiger partial charge in [-0.1, -0.05) is 32.4 Å². The first-order valence-electron chi connectivity index (χ1n) is 6.59. The average Bonchev–Trinajstić information content (AvgIpc) is 2.86. The molecule has 18 heavy (non-hydrogen) atoms. The summed E-state index contributed by atoms with van der Waals surface area (Å²) in [6.07, 6.45) is 8.67. The summed E-state index contributed by atoms with van der Waals surface area (Å²) in [7, 11) is 0. The van der Waals surface area contributed by atoms with E-state index < -0.39 is 0 Å². The number of aliphatic imine (C=N–C) groups is 1. The van der Waals surface area contributed by atoms with Gasteiger partial charge >= 0.3 is 0 Å². The van der Waals surface area contributed by atoms with Crippen LogP contribution in [0.25, 0.3) is 5.70 Å². The lowest BCUT2D eigenvalue weighted by Gasteiger charge is -2.24. The molecule has 1 aliphatic rings. The van der Waals surface area contributed by atoms with Crippen molar-refractivity contribution in [2.45, 2.75) is 38.5 Å². The lowest BCUT2D eigenvalue weighted by atomic mass is 9.81. The van der Waals surface area contributed by atoms with Crippen molar-refractivity contribution in [3.05, 3.63) is 36.2 Å². The van der Waals surface area contributed by atoms with Crippen LogP contribution in [0.5, 0.6) is 0 Å². The number of hydrogen-bond donors (Lipinski definition) is 1. The molecule has 0 aromatic carbocycles. The highest BCUT2D eigenvalue weighted by Crippen LogP contribution is 2.35. The molecule has 1 aromatic rings. The first-order chi connectivity index (χ1) is 8.74. The van der Waals surface area contributed by atoms with E-state index >= 15 is 0 Å². The maximum Gasteiger partial charge on any atom is 0.111 e. The Bertz CT molecular complexity index is 448. The van der Waals surface area contributed by atoms with Gasteiger partial charge in [0.2, 0.25) is 0 Å². The standard InChI is InChI=1S/C15H21N3/c1-4-5-13(16-3)15-10-14(17-18-15)12-8-6-11(2)7-9-12/h4-5,10-12H,1,3,6-9H2,2H3,(H,17,18)/b13-5-. The van der Waals surface area contributed by atoms with E-state index in [0.717, 1.165) is 17.3 Å². The van der Waals surface area contributed by atoms with E-state index in [2.05, 4.69) is 41.5 Å². The van der Waals surface area contributed by atoms with Gasteiger partial charge in [-0.05, 0) is 37.6 Å². The Morgan fingerprint density at radius 1 is 1.44 bits per heavy atom. The zero-order valence-electron chi connectivity index (χ0n) is 11.0. The monoisotopic (exact) mass is 243 g/mol. The maximum absolute atomic E-state index is 4.33. The molecule has 0 saturated heterocycles. The highest BCUT2D eigenvalue weighted by Gasteiger charge is 2.21. The fraction of sp³-hybridized carbons (Fsp3) is 0.467. The van der Waals surface area contributed by atoms with E-state index in [1.54, 1.807) is 6.08 Å². The van der Waals surface area contributed by atoms with E-state index in [1.807, 2.05) is 6.08 Å². The quantitative estimate of drug-likeness (QED) is 0.631. The van der Waals surface area contributed by atoms with Gasteiger partial charge in [0.1, 0.15) is 5.69 Å². The van der Waals surface area contributed by atoms with E-state index in [-0.39, 0.29) is 0 Å². The van der Waals surface area contributed by atoms with Crippen LogP contribution in [0.15, 0.2) is 29.8 Å². The van der Waals surface area contributed by atoms with Crippen LogP contribution < -0.4 is 0 Å². The Hall–Kier alpha value is -1.64. The van der Waals surface area contributed by atoms with Crippen LogP contribution in [0.3, 0.4) is 0 Å². The summed E-state index contributed by atoms with van der Waals surface area (Å²) in [5.74, 6) is 1.49. The SMILES string of the molecule is C=C/C=C(\N=C)c1cc(C2CCC(C)CC2)[nH]n1. The molecule has 0 unspecified atom stereocenters. The first-order valence-corrected chi connectivity index (χ1v) is 6.59. The van der Waals surface area contributed by atoms with Crippen molar-refractivity contribution in [1.29, 1.82) is 0 Å². The first kappa shape index (κ1) is 12.8. The summed E-state index contributed by atoms with van der Waals surface area (Å²) in [4.78, 5) is 3.98. The van der Waals surface area contributed by atoms with Crippen molar-refractivity contribution in [3.8, 4) is 0 Å². The Labute approximate surface area is 109 Å². The van der Waals surface area contributed by atoms with Gasteiger partial charge in [0.05, 0.1) is 5.70 Å². The number of rotatable bonds is 4. The lowest BCUT2D eigenvalue weighted by molar-refractivity contribution is 0.344. The topological polar surface area (TPSA) is 41.0 Å². The molecule has 1 aromatic heterocycles. The Kier molecular flexibility index (Phi) is 4.13. The number of H-pyrrole nitrogens is 1. The van der Waals surface area contributed by atoms with Crippen molar-refractivity contribution < 1.29 is 0 Å². The van der Waals surface area contributed by atoms with Crippen LogP contribution in [-0.2, 0) is 0 Å². The molecule has 3 heteroatoms. The largest absolute Gasteiger partial charge is 0.282 e. The van der Waals surface area contributed by atoms with Crippen molar-refractivity contribution in [3.63, 3.8) is 0 Å². The predicted octanol–water partition coefficient (Wildman–Crippen LogP) is 3.93. The van der Waals surface area contributed by atoms with Crippen LogP contribution in [0, 0.1) is 5.92 Å². The highest BCUT2D eigenvalue weighted by molar-refractivity contribution is 5.66. The Morgan fingerprint density at radius 2 is 2.17 bits per heavy atom. The van der Waals surface area contributed by atoms with Gasteiger partial charge in [-0.25, -0.2) is 0 Å². The number of hydrogen-bond acceptors (Lipinski definition) is 2. The molecular weight excluding hydrogens is 222 g/mol. The molecule has 1 aliphatic carbocycles. The number of aromatic nitrogens is 2. The molecular formula is C15H21N3. The fourth-order valence-electron chi connectivity index (χ4n) is 2.58. The molecule has 1 heterocycles. The van der Waals surface area contributed by atoms with Gasteiger partial charge in [0.15, 0.2) is 0 Å². The zero-order chi connectivity index (χ0) is 13.0. The third-order valence-electron chi connectivity index (χ3n) is 3.76. The smallest absolute Gasteiger partial charge is 0.111 e. The van der Waals surface area contributed by atoms with Crippen molar-refractivity contribution in [2.75, 3.05) is 0 Å². The summed E-state index contributed by atoms with van der Waals surface area (Å²) < 4.78 is 0. The molecule has 0 atom stereocenters. The molecule has 2 rings (SSSR count). The minimum atomic E-state index is 0.622. The highest BCUT2D eigenvalue weighted by atomic mass is 15.1. The van der Waals surface area contributed by atoms with Gasteiger partial charge in [0, 0.05) is 11.6 Å². The van der Waals surface area contributed by atoms with E-state index in [0.29, 0.717) is 5.92 Å². The van der Waals surface area contributed by atoms with Crippen molar-refractivity contribution >= 4 is 12.4 Å². The predicted molar refractivity (Wildman–Crippen MR) is 76.7 cm³/mol. The second-order valence-corrected chi connectivity index (χ2v) is 5.11. The molecule has 0 spiro atoms. The fourth-order valence-corrected chi connectivity index (χ4v) is 2.58. The summed E-state index contributed by atoms with van der Waals surface area (Å²) in [5, 5.41) is 7.48. The second kappa shape index (κ2) is 5.80. The van der Waals surface area contributed by atoms with Crippen LogP contribution in [-0.4, -0.2) is 16.9 Å². The number of aromatic amines is 1. The van der Waals surface area contributed by atoms with Gasteiger partial charge in [-0.3, -0.25) is 10.1 Å². The molecule has 1 fully saturated rings.